The monoisotopic (exact) mass is 257 g/mol. The van der Waals surface area contributed by atoms with Crippen LogP contribution < -0.4 is 5.32 Å². The highest BCUT2D eigenvalue weighted by Crippen LogP contribution is 2.17. The van der Waals surface area contributed by atoms with Crippen molar-refractivity contribution in [1.82, 2.24) is 14.9 Å². The van der Waals surface area contributed by atoms with Crippen LogP contribution in [-0.2, 0) is 6.54 Å². The Morgan fingerprint density at radius 2 is 2.00 bits per heavy atom. The summed E-state index contributed by atoms with van der Waals surface area (Å²) < 4.78 is 2.24. The van der Waals surface area contributed by atoms with E-state index < -0.39 is 0 Å². The fourth-order valence-electron chi connectivity index (χ4n) is 2.23. The van der Waals surface area contributed by atoms with Gasteiger partial charge in [-0.3, -0.25) is 0 Å². The average molecular weight is 257 g/mol. The molecule has 0 aliphatic rings. The molecule has 1 unspecified atom stereocenters. The molecule has 0 aliphatic heterocycles. The van der Waals surface area contributed by atoms with Gasteiger partial charge in [0.25, 0.3) is 0 Å². The molecule has 2 rings (SSSR count). The van der Waals surface area contributed by atoms with Crippen molar-refractivity contribution in [3.05, 3.63) is 42.7 Å². The number of aromatic nitrogens is 2. The number of hydrogen-bond acceptors (Lipinski definition) is 2. The second kappa shape index (κ2) is 7.10. The summed E-state index contributed by atoms with van der Waals surface area (Å²) in [5, 5.41) is 3.59. The zero-order valence-electron chi connectivity index (χ0n) is 11.8. The molecule has 0 saturated heterocycles. The van der Waals surface area contributed by atoms with Crippen LogP contribution in [-0.4, -0.2) is 22.1 Å². The van der Waals surface area contributed by atoms with Crippen molar-refractivity contribution >= 4 is 0 Å². The third kappa shape index (κ3) is 3.67. The first-order valence-corrected chi connectivity index (χ1v) is 7.15. The van der Waals surface area contributed by atoms with Crippen molar-refractivity contribution in [3.63, 3.8) is 0 Å². The van der Waals surface area contributed by atoms with Crippen LogP contribution in [0.25, 0.3) is 11.4 Å². The normalized spacial score (nSPS) is 12.5. The van der Waals surface area contributed by atoms with Crippen molar-refractivity contribution in [2.24, 2.45) is 0 Å². The minimum Gasteiger partial charge on any atom is -0.329 e. The van der Waals surface area contributed by atoms with E-state index >= 15 is 0 Å². The first-order chi connectivity index (χ1) is 9.35. The van der Waals surface area contributed by atoms with E-state index in [9.17, 15) is 0 Å². The minimum atomic E-state index is 0.511. The topological polar surface area (TPSA) is 29.9 Å². The van der Waals surface area contributed by atoms with Gasteiger partial charge in [0.1, 0.15) is 5.82 Å². The molecule has 1 atom stereocenters. The highest BCUT2D eigenvalue weighted by Gasteiger charge is 2.10. The van der Waals surface area contributed by atoms with Gasteiger partial charge in [0, 0.05) is 30.5 Å². The third-order valence-electron chi connectivity index (χ3n) is 3.34. The number of nitrogens with one attached hydrogen (secondary N) is 1. The predicted octanol–water partition coefficient (Wildman–Crippen LogP) is 3.33. The van der Waals surface area contributed by atoms with Gasteiger partial charge in [-0.05, 0) is 19.4 Å². The third-order valence-corrected chi connectivity index (χ3v) is 3.34. The fourth-order valence-corrected chi connectivity index (χ4v) is 2.23. The number of imidazole rings is 1. The van der Waals surface area contributed by atoms with Crippen molar-refractivity contribution in [1.29, 1.82) is 0 Å². The largest absolute Gasteiger partial charge is 0.329 e. The fraction of sp³-hybridized carbons (Fsp3) is 0.438. The van der Waals surface area contributed by atoms with Crippen molar-refractivity contribution in [2.45, 2.75) is 39.3 Å². The quantitative estimate of drug-likeness (QED) is 0.824. The van der Waals surface area contributed by atoms with Gasteiger partial charge >= 0.3 is 0 Å². The number of benzene rings is 1. The molecule has 1 N–H and O–H groups in total. The van der Waals surface area contributed by atoms with E-state index in [1.54, 1.807) is 0 Å². The summed E-state index contributed by atoms with van der Waals surface area (Å²) in [7, 11) is 0. The van der Waals surface area contributed by atoms with Crippen LogP contribution in [0.2, 0.25) is 0 Å². The molecule has 0 saturated carbocycles. The van der Waals surface area contributed by atoms with Crippen LogP contribution in [0, 0.1) is 0 Å². The van der Waals surface area contributed by atoms with Crippen molar-refractivity contribution < 1.29 is 0 Å². The maximum absolute atomic E-state index is 4.49. The van der Waals surface area contributed by atoms with E-state index in [0.29, 0.717) is 6.04 Å². The number of rotatable bonds is 7. The standard InChI is InChI=1S/C16H23N3/c1-3-10-17-15(4-2)13-19-12-11-18-16(19)14-8-6-5-7-9-14/h5-9,11-12,15,17H,3-4,10,13H2,1-2H3. The molecule has 1 aromatic carbocycles. The van der Waals surface area contributed by atoms with Gasteiger partial charge in [-0.25, -0.2) is 4.98 Å². The maximum Gasteiger partial charge on any atom is 0.139 e. The van der Waals surface area contributed by atoms with Gasteiger partial charge in [0.2, 0.25) is 0 Å². The molecule has 1 heterocycles. The zero-order valence-corrected chi connectivity index (χ0v) is 11.8. The highest BCUT2D eigenvalue weighted by molar-refractivity contribution is 5.55. The van der Waals surface area contributed by atoms with Gasteiger partial charge in [-0.1, -0.05) is 44.2 Å². The van der Waals surface area contributed by atoms with Crippen LogP contribution in [0.3, 0.4) is 0 Å². The molecule has 0 radical (unpaired) electrons. The average Bonchev–Trinajstić information content (AvgIpc) is 2.92. The second-order valence-corrected chi connectivity index (χ2v) is 4.83. The minimum absolute atomic E-state index is 0.511. The van der Waals surface area contributed by atoms with Crippen molar-refractivity contribution in [3.8, 4) is 11.4 Å². The Morgan fingerprint density at radius 3 is 2.68 bits per heavy atom. The summed E-state index contributed by atoms with van der Waals surface area (Å²) >= 11 is 0. The van der Waals surface area contributed by atoms with Crippen LogP contribution in [0.15, 0.2) is 42.7 Å². The molecule has 0 fully saturated rings. The molecule has 0 spiro atoms. The Bertz CT molecular complexity index is 476. The first kappa shape index (κ1) is 13.8. The van der Waals surface area contributed by atoms with Crippen LogP contribution in [0.5, 0.6) is 0 Å². The molecule has 19 heavy (non-hydrogen) atoms. The lowest BCUT2D eigenvalue weighted by atomic mass is 10.2. The lowest BCUT2D eigenvalue weighted by Crippen LogP contribution is -2.33. The first-order valence-electron chi connectivity index (χ1n) is 7.15. The van der Waals surface area contributed by atoms with Gasteiger partial charge in [-0.2, -0.15) is 0 Å². The lowest BCUT2D eigenvalue weighted by molar-refractivity contribution is 0.439. The van der Waals surface area contributed by atoms with E-state index in [1.165, 1.54) is 12.0 Å². The Balaban J connectivity index is 2.11. The van der Waals surface area contributed by atoms with E-state index in [2.05, 4.69) is 59.2 Å². The SMILES string of the molecule is CCCNC(CC)Cn1ccnc1-c1ccccc1. The van der Waals surface area contributed by atoms with Crippen LogP contribution in [0.1, 0.15) is 26.7 Å². The molecule has 102 valence electrons. The molecule has 0 aliphatic carbocycles. The van der Waals surface area contributed by atoms with Crippen molar-refractivity contribution in [2.75, 3.05) is 6.54 Å². The maximum atomic E-state index is 4.49. The Labute approximate surface area is 115 Å². The summed E-state index contributed by atoms with van der Waals surface area (Å²) in [6.45, 7) is 6.48. The van der Waals surface area contributed by atoms with E-state index in [0.717, 1.165) is 25.3 Å². The molecule has 0 bridgehead atoms. The lowest BCUT2D eigenvalue weighted by Gasteiger charge is -2.18. The molecule has 3 nitrogen and oxygen atoms in total. The molecule has 2 aromatic rings. The Hall–Kier alpha value is -1.61. The van der Waals surface area contributed by atoms with Crippen LogP contribution in [0.4, 0.5) is 0 Å². The van der Waals surface area contributed by atoms with Gasteiger partial charge in [0.15, 0.2) is 0 Å². The zero-order chi connectivity index (χ0) is 13.5. The summed E-state index contributed by atoms with van der Waals surface area (Å²) in [5.41, 5.74) is 1.18. The van der Waals surface area contributed by atoms with Gasteiger partial charge in [0.05, 0.1) is 0 Å². The van der Waals surface area contributed by atoms with Gasteiger partial charge in [-0.15, -0.1) is 0 Å². The Morgan fingerprint density at radius 1 is 1.21 bits per heavy atom. The second-order valence-electron chi connectivity index (χ2n) is 4.83. The van der Waals surface area contributed by atoms with E-state index in [-0.39, 0.29) is 0 Å². The number of nitrogens with zero attached hydrogens (tertiary/aromatic N) is 2. The van der Waals surface area contributed by atoms with E-state index in [4.69, 9.17) is 0 Å². The van der Waals surface area contributed by atoms with E-state index in [1.807, 2.05) is 12.3 Å². The summed E-state index contributed by atoms with van der Waals surface area (Å²) in [6, 6.07) is 10.9. The predicted molar refractivity (Wildman–Crippen MR) is 80.0 cm³/mol. The summed E-state index contributed by atoms with van der Waals surface area (Å²) in [4.78, 5) is 4.49. The molecular weight excluding hydrogens is 234 g/mol. The number of hydrogen-bond donors (Lipinski definition) is 1. The Kier molecular flexibility index (Phi) is 5.16. The summed E-state index contributed by atoms with van der Waals surface area (Å²) in [6.07, 6.45) is 6.26. The summed E-state index contributed by atoms with van der Waals surface area (Å²) in [5.74, 6) is 1.05. The molecule has 0 amide bonds. The molecule has 1 aromatic heterocycles. The van der Waals surface area contributed by atoms with Gasteiger partial charge < -0.3 is 9.88 Å². The molecular formula is C16H23N3. The molecule has 3 heteroatoms. The highest BCUT2D eigenvalue weighted by atomic mass is 15.1. The van der Waals surface area contributed by atoms with Crippen LogP contribution >= 0.6 is 0 Å². The smallest absolute Gasteiger partial charge is 0.139 e.